The Kier molecular flexibility index (Phi) is 7.65. The molecule has 3 nitrogen and oxygen atoms in total. The number of aromatic nitrogens is 2. The lowest BCUT2D eigenvalue weighted by atomic mass is 10.0. The number of fused-ring (bicyclic) bond motifs is 1. The number of nitrogens with zero attached hydrogens (tertiary/aromatic N) is 2. The van der Waals surface area contributed by atoms with Crippen LogP contribution in [0.25, 0.3) is 22.2 Å². The second kappa shape index (κ2) is 10.9. The van der Waals surface area contributed by atoms with E-state index in [1.54, 1.807) is 12.1 Å². The summed E-state index contributed by atoms with van der Waals surface area (Å²) in [4.78, 5) is 0. The average molecular weight is 613 g/mol. The van der Waals surface area contributed by atoms with E-state index >= 15 is 0 Å². The molecular formula is C29H17Cl2F7N2O. The van der Waals surface area contributed by atoms with Gasteiger partial charge in [0.15, 0.2) is 0 Å². The summed E-state index contributed by atoms with van der Waals surface area (Å²) in [6, 6.07) is 17.3. The summed E-state index contributed by atoms with van der Waals surface area (Å²) in [6.07, 6.45) is -9.35. The summed E-state index contributed by atoms with van der Waals surface area (Å²) in [6.45, 7) is -0.518. The molecule has 0 atom stereocenters. The molecule has 0 bridgehead atoms. The highest BCUT2D eigenvalue weighted by atomic mass is 35.5. The van der Waals surface area contributed by atoms with Gasteiger partial charge in [0, 0.05) is 27.1 Å². The lowest BCUT2D eigenvalue weighted by Crippen LogP contribution is -2.08. The molecular weight excluding hydrogens is 596 g/mol. The number of ether oxygens (including phenoxy) is 1. The zero-order valence-corrected chi connectivity index (χ0v) is 22.1. The summed E-state index contributed by atoms with van der Waals surface area (Å²) in [7, 11) is 0. The van der Waals surface area contributed by atoms with E-state index < -0.39 is 34.3 Å². The monoisotopic (exact) mass is 612 g/mol. The first-order chi connectivity index (χ1) is 19.3. The molecule has 0 saturated carbocycles. The molecule has 1 aromatic heterocycles. The standard InChI is InChI=1S/C29H17Cl2F7N2O/c30-19-11-10-17(24(32)13-19)14-40-27(21-7-3-9-23(26(21)39-40)29(36,37)38)16-4-1-6-20(12-16)41-15-18-5-2-8-22(25(18)31)28(33,34)35/h1-13H,14-15H2. The first-order valence-corrected chi connectivity index (χ1v) is 12.7. The van der Waals surface area contributed by atoms with Crippen molar-refractivity contribution >= 4 is 34.1 Å². The Hall–Kier alpha value is -3.76. The second-order valence-electron chi connectivity index (χ2n) is 9.03. The third-order valence-electron chi connectivity index (χ3n) is 6.30. The SMILES string of the molecule is Fc1cc(Cl)ccc1Cn1nc2c(C(F)(F)F)cccc2c1-c1cccc(OCc2cccc(C(F)(F)F)c2Cl)c1. The van der Waals surface area contributed by atoms with Crippen LogP contribution in [0.4, 0.5) is 30.7 Å². The van der Waals surface area contributed by atoms with Crippen LogP contribution in [0, 0.1) is 5.82 Å². The molecule has 0 amide bonds. The van der Waals surface area contributed by atoms with Crippen molar-refractivity contribution in [2.75, 3.05) is 0 Å². The molecule has 41 heavy (non-hydrogen) atoms. The van der Waals surface area contributed by atoms with Gasteiger partial charge in [0.25, 0.3) is 0 Å². The quantitative estimate of drug-likeness (QED) is 0.178. The van der Waals surface area contributed by atoms with E-state index in [0.29, 0.717) is 5.56 Å². The maximum Gasteiger partial charge on any atom is 0.418 e. The van der Waals surface area contributed by atoms with Gasteiger partial charge in [0.1, 0.15) is 23.7 Å². The van der Waals surface area contributed by atoms with Crippen LogP contribution in [0.1, 0.15) is 22.3 Å². The number of halogens is 9. The van der Waals surface area contributed by atoms with Crippen LogP contribution in [0.15, 0.2) is 78.9 Å². The first kappa shape index (κ1) is 28.8. The van der Waals surface area contributed by atoms with Gasteiger partial charge in [0.2, 0.25) is 0 Å². The Balaban J connectivity index is 1.56. The van der Waals surface area contributed by atoms with E-state index in [9.17, 15) is 30.7 Å². The molecule has 0 fully saturated rings. The maximum absolute atomic E-state index is 14.6. The minimum atomic E-state index is -4.70. The number of benzene rings is 4. The number of alkyl halides is 6. The van der Waals surface area contributed by atoms with E-state index in [1.807, 2.05) is 0 Å². The molecule has 0 saturated heterocycles. The molecule has 0 radical (unpaired) electrons. The van der Waals surface area contributed by atoms with Gasteiger partial charge in [-0.2, -0.15) is 31.4 Å². The van der Waals surface area contributed by atoms with E-state index in [0.717, 1.165) is 18.2 Å². The van der Waals surface area contributed by atoms with Gasteiger partial charge in [-0.3, -0.25) is 4.68 Å². The normalized spacial score (nSPS) is 12.2. The van der Waals surface area contributed by atoms with Gasteiger partial charge in [0.05, 0.1) is 28.4 Å². The lowest BCUT2D eigenvalue weighted by Gasteiger charge is -2.14. The van der Waals surface area contributed by atoms with E-state index in [4.69, 9.17) is 27.9 Å². The molecule has 0 spiro atoms. The van der Waals surface area contributed by atoms with Gasteiger partial charge in [-0.25, -0.2) is 4.39 Å². The minimum Gasteiger partial charge on any atom is -0.489 e. The highest BCUT2D eigenvalue weighted by molar-refractivity contribution is 6.32. The van der Waals surface area contributed by atoms with Gasteiger partial charge >= 0.3 is 12.4 Å². The van der Waals surface area contributed by atoms with Crippen LogP contribution in [0.2, 0.25) is 10.0 Å². The fraction of sp³-hybridized carbons (Fsp3) is 0.138. The molecule has 0 aliphatic carbocycles. The molecule has 1 heterocycles. The summed E-state index contributed by atoms with van der Waals surface area (Å²) in [5.74, 6) is -0.448. The van der Waals surface area contributed by atoms with Crippen molar-refractivity contribution in [2.45, 2.75) is 25.5 Å². The van der Waals surface area contributed by atoms with Crippen LogP contribution >= 0.6 is 23.2 Å². The Bertz CT molecular complexity index is 1750. The van der Waals surface area contributed by atoms with Crippen LogP contribution in [0.5, 0.6) is 5.75 Å². The summed E-state index contributed by atoms with van der Waals surface area (Å²) in [5.41, 5.74) is -1.42. The van der Waals surface area contributed by atoms with Crippen molar-refractivity contribution in [3.63, 3.8) is 0 Å². The molecule has 212 valence electrons. The molecule has 5 aromatic rings. The van der Waals surface area contributed by atoms with Crippen molar-refractivity contribution in [1.29, 1.82) is 0 Å². The van der Waals surface area contributed by atoms with E-state index in [1.165, 1.54) is 53.2 Å². The molecule has 0 aliphatic heterocycles. The van der Waals surface area contributed by atoms with E-state index in [-0.39, 0.29) is 51.6 Å². The maximum atomic E-state index is 14.6. The third-order valence-corrected chi connectivity index (χ3v) is 6.98. The molecule has 0 aliphatic rings. The fourth-order valence-electron chi connectivity index (χ4n) is 4.42. The van der Waals surface area contributed by atoms with Gasteiger partial charge in [-0.05, 0) is 36.4 Å². The Morgan fingerprint density at radius 3 is 2.15 bits per heavy atom. The van der Waals surface area contributed by atoms with Crippen molar-refractivity contribution in [2.24, 2.45) is 0 Å². The molecule has 4 aromatic carbocycles. The van der Waals surface area contributed by atoms with Gasteiger partial charge in [-0.1, -0.05) is 65.7 Å². The molecule has 12 heteroatoms. The van der Waals surface area contributed by atoms with Crippen molar-refractivity contribution in [1.82, 2.24) is 9.78 Å². The van der Waals surface area contributed by atoms with Crippen molar-refractivity contribution in [3.8, 4) is 17.0 Å². The number of rotatable bonds is 6. The zero-order chi connectivity index (χ0) is 29.5. The van der Waals surface area contributed by atoms with E-state index in [2.05, 4.69) is 5.10 Å². The van der Waals surface area contributed by atoms with Crippen LogP contribution < -0.4 is 4.74 Å². The van der Waals surface area contributed by atoms with Crippen LogP contribution in [-0.2, 0) is 25.5 Å². The topological polar surface area (TPSA) is 27.1 Å². The smallest absolute Gasteiger partial charge is 0.418 e. The minimum absolute atomic E-state index is 0.0930. The van der Waals surface area contributed by atoms with Crippen LogP contribution in [-0.4, -0.2) is 9.78 Å². The third kappa shape index (κ3) is 5.99. The highest BCUT2D eigenvalue weighted by Gasteiger charge is 2.35. The zero-order valence-electron chi connectivity index (χ0n) is 20.6. The largest absolute Gasteiger partial charge is 0.489 e. The van der Waals surface area contributed by atoms with Crippen molar-refractivity contribution in [3.05, 3.63) is 117 Å². The highest BCUT2D eigenvalue weighted by Crippen LogP contribution is 2.40. The van der Waals surface area contributed by atoms with Crippen LogP contribution in [0.3, 0.4) is 0 Å². The Morgan fingerprint density at radius 2 is 1.44 bits per heavy atom. The number of hydrogen-bond donors (Lipinski definition) is 0. The summed E-state index contributed by atoms with van der Waals surface area (Å²) < 4.78 is 103. The Labute approximate surface area is 238 Å². The molecule has 0 N–H and O–H groups in total. The lowest BCUT2D eigenvalue weighted by molar-refractivity contribution is -0.138. The fourth-order valence-corrected chi connectivity index (χ4v) is 4.86. The average Bonchev–Trinajstić information content (AvgIpc) is 3.26. The summed E-state index contributed by atoms with van der Waals surface area (Å²) >= 11 is 11.8. The first-order valence-electron chi connectivity index (χ1n) is 11.9. The second-order valence-corrected chi connectivity index (χ2v) is 9.85. The van der Waals surface area contributed by atoms with Crippen molar-refractivity contribution < 1.29 is 35.5 Å². The molecule has 0 unspecified atom stereocenters. The Morgan fingerprint density at radius 1 is 0.756 bits per heavy atom. The predicted octanol–water partition coefficient (Wildman–Crippen LogP) is 9.81. The predicted molar refractivity (Wildman–Crippen MR) is 141 cm³/mol. The van der Waals surface area contributed by atoms with Gasteiger partial charge in [-0.15, -0.1) is 0 Å². The summed E-state index contributed by atoms with van der Waals surface area (Å²) in [5, 5.41) is 4.03. The number of hydrogen-bond acceptors (Lipinski definition) is 2. The molecule has 5 rings (SSSR count). The van der Waals surface area contributed by atoms with Gasteiger partial charge < -0.3 is 4.74 Å².